The number of nitrogens with zero attached hydrogens (tertiary/aromatic N) is 2. The fourth-order valence-corrected chi connectivity index (χ4v) is 3.42. The Kier molecular flexibility index (Phi) is 6.13. The minimum Gasteiger partial charge on any atom is -0.479 e. The molecule has 1 heterocycles. The topological polar surface area (TPSA) is 94.4 Å². The number of nitro groups is 1. The summed E-state index contributed by atoms with van der Waals surface area (Å²) in [6.45, 7) is 1.59. The van der Waals surface area contributed by atoms with Gasteiger partial charge in [-0.15, -0.1) is 11.3 Å². The summed E-state index contributed by atoms with van der Waals surface area (Å²) in [5.74, 6) is -0.0463. The molecule has 1 unspecified atom stereocenters. The van der Waals surface area contributed by atoms with Gasteiger partial charge in [0.15, 0.2) is 11.2 Å². The lowest BCUT2D eigenvalue weighted by Gasteiger charge is -2.14. The number of non-ortho nitro benzene ring substituents is 1. The van der Waals surface area contributed by atoms with Crippen molar-refractivity contribution in [2.75, 3.05) is 5.32 Å². The van der Waals surface area contributed by atoms with Crippen LogP contribution in [0.5, 0.6) is 5.75 Å². The molecule has 0 aliphatic carbocycles. The van der Waals surface area contributed by atoms with Crippen LogP contribution in [0.1, 0.15) is 6.92 Å². The number of hydrogen-bond donors (Lipinski definition) is 1. The first-order valence-electron chi connectivity index (χ1n) is 7.96. The second-order valence-electron chi connectivity index (χ2n) is 5.67. The van der Waals surface area contributed by atoms with E-state index in [1.165, 1.54) is 29.5 Å². The molecular weight excluding hydrogens is 425 g/mol. The fourth-order valence-electron chi connectivity index (χ4n) is 2.24. The van der Waals surface area contributed by atoms with E-state index in [2.05, 4.69) is 10.3 Å². The number of halogens is 2. The molecule has 0 bridgehead atoms. The number of nitro benzene ring substituents is 1. The highest BCUT2D eigenvalue weighted by atomic mass is 35.5. The zero-order valence-electron chi connectivity index (χ0n) is 14.4. The van der Waals surface area contributed by atoms with Gasteiger partial charge in [0.05, 0.1) is 15.6 Å². The Hall–Kier alpha value is -2.68. The van der Waals surface area contributed by atoms with Gasteiger partial charge >= 0.3 is 0 Å². The van der Waals surface area contributed by atoms with Gasteiger partial charge in [-0.05, 0) is 37.3 Å². The maximum absolute atomic E-state index is 12.3. The molecule has 144 valence electrons. The first-order valence-corrected chi connectivity index (χ1v) is 9.60. The molecule has 3 rings (SSSR count). The van der Waals surface area contributed by atoms with Crippen LogP contribution in [0.15, 0.2) is 47.8 Å². The number of ether oxygens (including phenoxy) is 1. The predicted octanol–water partition coefficient (Wildman–Crippen LogP) is 5.43. The molecule has 0 spiro atoms. The van der Waals surface area contributed by atoms with Gasteiger partial charge in [0.25, 0.3) is 11.6 Å². The van der Waals surface area contributed by atoms with E-state index >= 15 is 0 Å². The van der Waals surface area contributed by atoms with E-state index in [9.17, 15) is 14.9 Å². The Labute approximate surface area is 174 Å². The zero-order valence-corrected chi connectivity index (χ0v) is 16.7. The smallest absolute Gasteiger partial charge is 0.269 e. The molecule has 1 N–H and O–H groups in total. The van der Waals surface area contributed by atoms with Gasteiger partial charge in [-0.1, -0.05) is 23.2 Å². The van der Waals surface area contributed by atoms with Gasteiger partial charge < -0.3 is 4.74 Å². The van der Waals surface area contributed by atoms with Gasteiger partial charge in [0.2, 0.25) is 0 Å². The molecular formula is C18H13Cl2N3O4S. The van der Waals surface area contributed by atoms with Gasteiger partial charge in [-0.2, -0.15) is 0 Å². The van der Waals surface area contributed by atoms with Crippen molar-refractivity contribution in [1.82, 2.24) is 4.98 Å². The molecule has 0 saturated heterocycles. The average Bonchev–Trinajstić information content (AvgIpc) is 3.12. The lowest BCUT2D eigenvalue weighted by molar-refractivity contribution is -0.384. The maximum atomic E-state index is 12.3. The van der Waals surface area contributed by atoms with Crippen LogP contribution in [0.25, 0.3) is 11.3 Å². The summed E-state index contributed by atoms with van der Waals surface area (Å²) >= 11 is 13.1. The average molecular weight is 438 g/mol. The SMILES string of the molecule is CC(Oc1ccc(Cl)cc1Cl)C(=O)Nc1nc(-c2ccc([N+](=O)[O-])cc2)cs1. The molecule has 10 heteroatoms. The summed E-state index contributed by atoms with van der Waals surface area (Å²) in [4.78, 5) is 26.9. The lowest BCUT2D eigenvalue weighted by atomic mass is 10.1. The third-order valence-electron chi connectivity index (χ3n) is 3.68. The molecule has 0 aliphatic rings. The summed E-state index contributed by atoms with van der Waals surface area (Å²) in [7, 11) is 0. The second-order valence-corrected chi connectivity index (χ2v) is 7.37. The quantitative estimate of drug-likeness (QED) is 0.409. The number of hydrogen-bond acceptors (Lipinski definition) is 6. The number of carbonyl (C=O) groups is 1. The summed E-state index contributed by atoms with van der Waals surface area (Å²) in [5, 5.41) is 16.3. The molecule has 0 aliphatic heterocycles. The Morgan fingerprint density at radius 1 is 1.25 bits per heavy atom. The van der Waals surface area contributed by atoms with Crippen molar-refractivity contribution in [3.05, 3.63) is 68.0 Å². The Bertz CT molecular complexity index is 1020. The van der Waals surface area contributed by atoms with E-state index in [0.29, 0.717) is 32.2 Å². The highest BCUT2D eigenvalue weighted by Gasteiger charge is 2.18. The summed E-state index contributed by atoms with van der Waals surface area (Å²) in [5.41, 5.74) is 1.31. The Morgan fingerprint density at radius 2 is 1.96 bits per heavy atom. The van der Waals surface area contributed by atoms with E-state index in [-0.39, 0.29) is 5.69 Å². The van der Waals surface area contributed by atoms with Crippen molar-refractivity contribution < 1.29 is 14.5 Å². The lowest BCUT2D eigenvalue weighted by Crippen LogP contribution is -2.30. The van der Waals surface area contributed by atoms with Gasteiger partial charge in [-0.3, -0.25) is 20.2 Å². The van der Waals surface area contributed by atoms with Crippen molar-refractivity contribution in [1.29, 1.82) is 0 Å². The minimum atomic E-state index is -0.814. The van der Waals surface area contributed by atoms with Crippen LogP contribution in [0, 0.1) is 10.1 Å². The molecule has 0 saturated carbocycles. The number of rotatable bonds is 6. The molecule has 1 amide bonds. The monoisotopic (exact) mass is 437 g/mol. The molecule has 3 aromatic rings. The highest BCUT2D eigenvalue weighted by Crippen LogP contribution is 2.29. The number of nitrogens with one attached hydrogen (secondary N) is 1. The molecule has 1 aromatic heterocycles. The summed E-state index contributed by atoms with van der Waals surface area (Å²) < 4.78 is 5.57. The predicted molar refractivity (Wildman–Crippen MR) is 109 cm³/mol. The molecule has 7 nitrogen and oxygen atoms in total. The molecule has 28 heavy (non-hydrogen) atoms. The van der Waals surface area contributed by atoms with Gasteiger partial charge in [0.1, 0.15) is 5.75 Å². The number of anilines is 1. The van der Waals surface area contributed by atoms with Gasteiger partial charge in [-0.25, -0.2) is 4.98 Å². The standard InChI is InChI=1S/C18H13Cl2N3O4S/c1-10(27-16-7-4-12(19)8-14(16)20)17(24)22-18-21-15(9-28-18)11-2-5-13(6-3-11)23(25)26/h2-10H,1H3,(H,21,22,24). The normalized spacial score (nSPS) is 11.7. The number of benzene rings is 2. The Morgan fingerprint density at radius 3 is 2.61 bits per heavy atom. The van der Waals surface area contributed by atoms with Gasteiger partial charge in [0, 0.05) is 28.1 Å². The van der Waals surface area contributed by atoms with Crippen LogP contribution in [0.4, 0.5) is 10.8 Å². The number of aromatic nitrogens is 1. The third-order valence-corrected chi connectivity index (χ3v) is 4.96. The second kappa shape index (κ2) is 8.55. The van der Waals surface area contributed by atoms with E-state index in [0.717, 1.165) is 0 Å². The number of thiazole rings is 1. The maximum Gasteiger partial charge on any atom is 0.269 e. The molecule has 1 atom stereocenters. The molecule has 0 fully saturated rings. The largest absolute Gasteiger partial charge is 0.479 e. The third kappa shape index (κ3) is 4.78. The van der Waals surface area contributed by atoms with Crippen LogP contribution in [0.3, 0.4) is 0 Å². The van der Waals surface area contributed by atoms with Crippen molar-refractivity contribution >= 4 is 51.3 Å². The highest BCUT2D eigenvalue weighted by molar-refractivity contribution is 7.14. The summed E-state index contributed by atoms with van der Waals surface area (Å²) in [6.07, 6.45) is -0.814. The van der Waals surface area contributed by atoms with Crippen LogP contribution in [-0.4, -0.2) is 21.9 Å². The minimum absolute atomic E-state index is 0.000611. The summed E-state index contributed by atoms with van der Waals surface area (Å²) in [6, 6.07) is 10.7. The van der Waals surface area contributed by atoms with Crippen LogP contribution < -0.4 is 10.1 Å². The van der Waals surface area contributed by atoms with E-state index in [1.54, 1.807) is 36.6 Å². The van der Waals surface area contributed by atoms with Crippen LogP contribution >= 0.6 is 34.5 Å². The van der Waals surface area contributed by atoms with Crippen LogP contribution in [-0.2, 0) is 4.79 Å². The van der Waals surface area contributed by atoms with Crippen molar-refractivity contribution in [2.45, 2.75) is 13.0 Å². The number of amides is 1. The van der Waals surface area contributed by atoms with Crippen molar-refractivity contribution in [3.8, 4) is 17.0 Å². The Balaban J connectivity index is 1.65. The molecule has 0 radical (unpaired) electrons. The number of carbonyl (C=O) groups excluding carboxylic acids is 1. The first-order chi connectivity index (χ1) is 13.3. The van der Waals surface area contributed by atoms with Crippen molar-refractivity contribution in [2.24, 2.45) is 0 Å². The van der Waals surface area contributed by atoms with E-state index in [1.807, 2.05) is 0 Å². The van der Waals surface area contributed by atoms with E-state index < -0.39 is 16.9 Å². The van der Waals surface area contributed by atoms with E-state index in [4.69, 9.17) is 27.9 Å². The fraction of sp³-hybridized carbons (Fsp3) is 0.111. The zero-order chi connectivity index (χ0) is 20.3. The van der Waals surface area contributed by atoms with Crippen molar-refractivity contribution in [3.63, 3.8) is 0 Å². The first kappa shape index (κ1) is 20.1. The molecule has 2 aromatic carbocycles. The van der Waals surface area contributed by atoms with Crippen LogP contribution in [0.2, 0.25) is 10.0 Å².